The van der Waals surface area contributed by atoms with Gasteiger partial charge in [0.05, 0.1) is 7.11 Å². The van der Waals surface area contributed by atoms with Crippen molar-refractivity contribution in [2.45, 2.75) is 12.8 Å². The van der Waals surface area contributed by atoms with Crippen molar-refractivity contribution in [1.82, 2.24) is 0 Å². The van der Waals surface area contributed by atoms with E-state index >= 15 is 0 Å². The van der Waals surface area contributed by atoms with Gasteiger partial charge in [0.25, 0.3) is 0 Å². The zero-order valence-electron chi connectivity index (χ0n) is 8.42. The van der Waals surface area contributed by atoms with Gasteiger partial charge in [-0.3, -0.25) is 6.58 Å². The van der Waals surface area contributed by atoms with E-state index in [0.29, 0.717) is 0 Å². The maximum atomic E-state index is 5.05. The first-order valence-corrected chi connectivity index (χ1v) is 13.3. The van der Waals surface area contributed by atoms with Crippen LogP contribution in [0.25, 0.3) is 0 Å². The van der Waals surface area contributed by atoms with Gasteiger partial charge in [-0.1, -0.05) is 24.1 Å². The van der Waals surface area contributed by atoms with Crippen molar-refractivity contribution >= 4 is 19.8 Å². The fraction of sp³-hybridized carbons (Fsp3) is 0.273. The van der Waals surface area contributed by atoms with Gasteiger partial charge in [-0.25, -0.2) is 0 Å². The molecule has 0 aromatic heterocycles. The van der Waals surface area contributed by atoms with Gasteiger partial charge in [-0.15, -0.1) is 0 Å². The van der Waals surface area contributed by atoms with E-state index in [0.717, 1.165) is 18.6 Å². The van der Waals surface area contributed by atoms with Crippen LogP contribution in [0.5, 0.6) is 5.75 Å². The molecule has 0 aliphatic heterocycles. The predicted molar refractivity (Wildman–Crippen MR) is 64.2 cm³/mol. The van der Waals surface area contributed by atoms with Crippen molar-refractivity contribution in [1.29, 1.82) is 0 Å². The number of hydrogen-bond donors (Lipinski definition) is 0. The summed E-state index contributed by atoms with van der Waals surface area (Å²) in [5, 5.41) is 0. The number of aryl methyl sites for hydroxylation is 1. The average Bonchev–Trinajstić information content (AvgIpc) is 2.30. The van der Waals surface area contributed by atoms with Crippen LogP contribution in [0, 0.1) is 6.08 Å². The molecule has 0 fully saturated rings. The quantitative estimate of drug-likeness (QED) is 0.457. The van der Waals surface area contributed by atoms with E-state index < -0.39 is 0 Å². The zero-order chi connectivity index (χ0) is 10.8. The predicted octanol–water partition coefficient (Wildman–Crippen LogP) is 3.50. The van der Waals surface area contributed by atoms with Crippen LogP contribution < -0.4 is 4.74 Å². The first-order valence-electron chi connectivity index (χ1n) is 4.26. The van der Waals surface area contributed by atoms with E-state index in [4.69, 9.17) is 4.74 Å². The van der Waals surface area contributed by atoms with Crippen LogP contribution in [0.15, 0.2) is 30.8 Å². The summed E-state index contributed by atoms with van der Waals surface area (Å²) in [6.07, 6.45) is 4.78. The second-order valence-electron chi connectivity index (χ2n) is 2.60. The molecule has 0 spiro atoms. The second-order valence-corrected chi connectivity index (χ2v) is 2.60. The number of methoxy groups -OCH3 is 1. The van der Waals surface area contributed by atoms with Crippen LogP contribution in [0.2, 0.25) is 0 Å². The number of ether oxygens (including phenoxy) is 1. The molecule has 0 heterocycles. The SMILES string of the molecule is C=[C-]CCc1ccc(OC)cc1.[Zn+][I]. The number of halogens is 1. The standard InChI is InChI=1S/C11H13O.HI.Zn/c1-3-4-5-10-6-8-11(12-2)9-7-10;;/h6-9H,1,4-5H2,2H3;1H;/q-1;;+2/p-1. The molecular weight excluding hydrogens is 340 g/mol. The van der Waals surface area contributed by atoms with Crippen molar-refractivity contribution in [2.75, 3.05) is 7.11 Å². The fourth-order valence-electron chi connectivity index (χ4n) is 1.02. The molecule has 0 aliphatic rings. The molecule has 0 bridgehead atoms. The van der Waals surface area contributed by atoms with E-state index in [2.05, 4.69) is 44.5 Å². The van der Waals surface area contributed by atoms with E-state index in [-0.39, 0.29) is 0 Å². The van der Waals surface area contributed by atoms with Crippen molar-refractivity contribution in [3.63, 3.8) is 0 Å². The third-order valence-corrected chi connectivity index (χ3v) is 1.75. The van der Waals surface area contributed by atoms with Gasteiger partial charge in [0.1, 0.15) is 5.75 Å². The first-order chi connectivity index (χ1) is 6.86. The molecule has 1 rings (SSSR count). The molecular formula is C11H13IOZn. The Morgan fingerprint density at radius 1 is 1.36 bits per heavy atom. The van der Waals surface area contributed by atoms with Gasteiger partial charge in [0, 0.05) is 0 Å². The third kappa shape index (κ3) is 5.76. The summed E-state index contributed by atoms with van der Waals surface area (Å²) in [4.78, 5) is 0. The Kier molecular flexibility index (Phi) is 9.74. The van der Waals surface area contributed by atoms with Gasteiger partial charge in [-0.05, 0) is 12.1 Å². The number of hydrogen-bond acceptors (Lipinski definition) is 1. The fourth-order valence-corrected chi connectivity index (χ4v) is 1.02. The summed E-state index contributed by atoms with van der Waals surface area (Å²) in [7, 11) is 1.67. The van der Waals surface area contributed by atoms with Gasteiger partial charge < -0.3 is 10.8 Å². The Bertz CT molecular complexity index is 246. The van der Waals surface area contributed by atoms with Crippen LogP contribution >= 0.6 is 19.8 Å². The summed E-state index contributed by atoms with van der Waals surface area (Å²) >= 11 is 3.62. The topological polar surface area (TPSA) is 9.23 Å². The molecule has 14 heavy (non-hydrogen) atoms. The average molecular weight is 354 g/mol. The minimum atomic E-state index is 0.904. The Labute approximate surface area is 107 Å². The Hall–Kier alpha value is 0.113. The van der Waals surface area contributed by atoms with Crippen LogP contribution in [-0.2, 0) is 21.2 Å². The maximum absolute atomic E-state index is 5.05. The Balaban J connectivity index is 0.000000791. The molecule has 1 nitrogen and oxygen atoms in total. The summed E-state index contributed by atoms with van der Waals surface area (Å²) in [5.74, 6) is 0.904. The Morgan fingerprint density at radius 2 is 1.93 bits per heavy atom. The van der Waals surface area contributed by atoms with E-state index in [1.807, 2.05) is 12.1 Å². The van der Waals surface area contributed by atoms with Crippen molar-refractivity contribution in [3.05, 3.63) is 42.5 Å². The van der Waals surface area contributed by atoms with E-state index in [9.17, 15) is 0 Å². The van der Waals surface area contributed by atoms with E-state index in [1.54, 1.807) is 7.11 Å². The minimum absolute atomic E-state index is 0.904. The molecule has 0 atom stereocenters. The molecule has 0 N–H and O–H groups in total. The van der Waals surface area contributed by atoms with Crippen molar-refractivity contribution < 1.29 is 19.5 Å². The molecule has 0 amide bonds. The molecule has 0 saturated carbocycles. The first kappa shape index (κ1) is 14.1. The molecule has 0 aliphatic carbocycles. The number of rotatable bonds is 4. The summed E-state index contributed by atoms with van der Waals surface area (Å²) in [5.41, 5.74) is 1.30. The zero-order valence-corrected chi connectivity index (χ0v) is 13.5. The van der Waals surface area contributed by atoms with Crippen molar-refractivity contribution in [3.8, 4) is 5.75 Å². The van der Waals surface area contributed by atoms with Gasteiger partial charge in [0.2, 0.25) is 0 Å². The van der Waals surface area contributed by atoms with Crippen LogP contribution in [0.4, 0.5) is 0 Å². The molecule has 0 saturated heterocycles. The molecule has 1 aromatic rings. The van der Waals surface area contributed by atoms with Gasteiger partial charge >= 0.3 is 34.5 Å². The number of allylic oxidation sites excluding steroid dienone is 1. The number of benzene rings is 1. The molecule has 0 radical (unpaired) electrons. The van der Waals surface area contributed by atoms with Crippen LogP contribution in [-0.4, -0.2) is 7.11 Å². The van der Waals surface area contributed by atoms with Crippen LogP contribution in [0.3, 0.4) is 0 Å². The Morgan fingerprint density at radius 3 is 2.36 bits per heavy atom. The normalized spacial score (nSPS) is 8.57. The van der Waals surface area contributed by atoms with Crippen LogP contribution in [0.1, 0.15) is 12.0 Å². The summed E-state index contributed by atoms with van der Waals surface area (Å²) in [6.45, 7) is 3.56. The molecule has 72 valence electrons. The van der Waals surface area contributed by atoms with Crippen molar-refractivity contribution in [2.24, 2.45) is 0 Å². The third-order valence-electron chi connectivity index (χ3n) is 1.75. The molecule has 0 unspecified atom stereocenters. The van der Waals surface area contributed by atoms with E-state index in [1.165, 1.54) is 20.4 Å². The molecule has 1 aromatic carbocycles. The second kappa shape index (κ2) is 9.66. The monoisotopic (exact) mass is 352 g/mol. The van der Waals surface area contributed by atoms with Gasteiger partial charge in [-0.2, -0.15) is 6.42 Å². The van der Waals surface area contributed by atoms with Gasteiger partial charge in [0.15, 0.2) is 0 Å². The summed E-state index contributed by atoms with van der Waals surface area (Å²) in [6, 6.07) is 8.07. The molecule has 3 heteroatoms. The summed E-state index contributed by atoms with van der Waals surface area (Å²) < 4.78 is 5.05.